The molecule has 1 aromatic rings. The van der Waals surface area contributed by atoms with Crippen molar-refractivity contribution in [2.45, 2.75) is 0 Å². The molecule has 0 atom stereocenters. The fourth-order valence-electron chi connectivity index (χ4n) is 1.27. The molecule has 18 heavy (non-hydrogen) atoms. The lowest BCUT2D eigenvalue weighted by Crippen LogP contribution is -2.37. The number of rotatable bonds is 3. The van der Waals surface area contributed by atoms with Gasteiger partial charge in [0.1, 0.15) is 0 Å². The Morgan fingerprint density at radius 3 is 2.72 bits per heavy atom. The summed E-state index contributed by atoms with van der Waals surface area (Å²) < 4.78 is 26.5. The number of hydrogen-bond acceptors (Lipinski definition) is 4. The summed E-state index contributed by atoms with van der Waals surface area (Å²) in [5, 5.41) is 0.877. The maximum Gasteiger partial charge on any atom is 0.253 e. The molecule has 0 saturated heterocycles. The molecule has 0 bridgehead atoms. The molecule has 1 heterocycles. The number of hydrogen-bond donors (Lipinski definition) is 2. The van der Waals surface area contributed by atoms with Crippen molar-refractivity contribution < 1.29 is 18.4 Å². The first kappa shape index (κ1) is 11.9. The maximum atomic E-state index is 13.3. The Bertz CT molecular complexity index is 543. The number of amides is 1. The van der Waals surface area contributed by atoms with Crippen LogP contribution in [0.25, 0.3) is 0 Å². The predicted octanol–water partition coefficient (Wildman–Crippen LogP) is 1.12. The van der Waals surface area contributed by atoms with Crippen LogP contribution >= 0.6 is 0 Å². The number of nitrogens with two attached hydrogens (primary N) is 1. The van der Waals surface area contributed by atoms with Crippen LogP contribution in [0.5, 0.6) is 5.75 Å². The Kier molecular flexibility index (Phi) is 3.13. The largest absolute Gasteiger partial charge is 0.365 e. The molecule has 94 valence electrons. The van der Waals surface area contributed by atoms with Gasteiger partial charge in [0.25, 0.3) is 5.91 Å². The quantitative estimate of drug-likeness (QED) is 0.847. The molecule has 5 nitrogen and oxygen atoms in total. The number of primary amides is 1. The van der Waals surface area contributed by atoms with Gasteiger partial charge in [0.05, 0.1) is 18.0 Å². The van der Waals surface area contributed by atoms with Crippen molar-refractivity contribution in [2.24, 2.45) is 5.73 Å². The van der Waals surface area contributed by atoms with Crippen LogP contribution in [-0.2, 0) is 4.79 Å². The highest BCUT2D eigenvalue weighted by atomic mass is 19.1. The van der Waals surface area contributed by atoms with E-state index in [9.17, 15) is 13.6 Å². The molecule has 1 aliphatic heterocycles. The smallest absolute Gasteiger partial charge is 0.253 e. The Hall–Kier alpha value is -2.57. The summed E-state index contributed by atoms with van der Waals surface area (Å²) >= 11 is 0. The van der Waals surface area contributed by atoms with Crippen molar-refractivity contribution in [3.8, 4) is 5.75 Å². The molecule has 1 aliphatic rings. The van der Waals surface area contributed by atoms with Gasteiger partial charge < -0.3 is 10.6 Å². The van der Waals surface area contributed by atoms with Crippen LogP contribution in [-0.4, -0.2) is 11.1 Å². The third-order valence-electron chi connectivity index (χ3n) is 2.12. The lowest BCUT2D eigenvalue weighted by atomic mass is 10.2. The molecule has 7 heteroatoms. The van der Waals surface area contributed by atoms with E-state index in [1.807, 2.05) is 0 Å². The summed E-state index contributed by atoms with van der Waals surface area (Å²) in [4.78, 5) is 16.0. The molecule has 1 amide bonds. The molecule has 0 unspecified atom stereocenters. The first-order valence-corrected chi connectivity index (χ1v) is 4.93. The van der Waals surface area contributed by atoms with Crippen LogP contribution in [0.3, 0.4) is 0 Å². The number of halogens is 2. The van der Waals surface area contributed by atoms with E-state index in [2.05, 4.69) is 5.43 Å². The van der Waals surface area contributed by atoms with Crippen LogP contribution in [0.4, 0.5) is 8.78 Å². The SMILES string of the molecule is NC(=O)C1=CN(Oc2ccccc2F)NC=C1F. The van der Waals surface area contributed by atoms with Crippen molar-refractivity contribution in [1.82, 2.24) is 10.6 Å². The monoisotopic (exact) mass is 253 g/mol. The van der Waals surface area contributed by atoms with Gasteiger partial charge in [0.2, 0.25) is 0 Å². The minimum Gasteiger partial charge on any atom is -0.365 e. The Balaban J connectivity index is 2.18. The topological polar surface area (TPSA) is 67.6 Å². The Labute approximate surface area is 101 Å². The number of para-hydroxylation sites is 1. The molecule has 0 spiro atoms. The summed E-state index contributed by atoms with van der Waals surface area (Å²) in [7, 11) is 0. The van der Waals surface area contributed by atoms with Gasteiger partial charge in [-0.1, -0.05) is 12.1 Å². The van der Waals surface area contributed by atoms with Crippen molar-refractivity contribution in [3.05, 3.63) is 53.9 Å². The standard InChI is InChI=1S/C11H9F2N3O2/c12-8-3-1-2-4-10(8)18-16-6-7(11(14)17)9(13)5-15-16/h1-6,15H,(H2,14,17). The number of nitrogens with zero attached hydrogens (tertiary/aromatic N) is 1. The Morgan fingerprint density at radius 2 is 2.06 bits per heavy atom. The number of hydrazine groups is 1. The van der Waals surface area contributed by atoms with Gasteiger partial charge in [-0.15, -0.1) is 5.17 Å². The fraction of sp³-hybridized carbons (Fsp3) is 0. The minimum absolute atomic E-state index is 0.0826. The van der Waals surface area contributed by atoms with Gasteiger partial charge >= 0.3 is 0 Å². The molecule has 0 aliphatic carbocycles. The summed E-state index contributed by atoms with van der Waals surface area (Å²) in [6, 6.07) is 5.64. The highest BCUT2D eigenvalue weighted by molar-refractivity contribution is 5.95. The van der Waals surface area contributed by atoms with Gasteiger partial charge in [-0.25, -0.2) is 8.78 Å². The number of carbonyl (C=O) groups is 1. The highest BCUT2D eigenvalue weighted by Crippen LogP contribution is 2.19. The highest BCUT2D eigenvalue weighted by Gasteiger charge is 2.19. The zero-order valence-electron chi connectivity index (χ0n) is 9.06. The van der Waals surface area contributed by atoms with Crippen molar-refractivity contribution >= 4 is 5.91 Å². The zero-order valence-corrected chi connectivity index (χ0v) is 9.06. The molecular formula is C11H9F2N3O2. The van der Waals surface area contributed by atoms with Crippen LogP contribution in [0.1, 0.15) is 0 Å². The molecule has 1 aromatic carbocycles. The van der Waals surface area contributed by atoms with Crippen molar-refractivity contribution in [2.75, 3.05) is 0 Å². The van der Waals surface area contributed by atoms with E-state index in [4.69, 9.17) is 10.6 Å². The number of benzene rings is 1. The lowest BCUT2D eigenvalue weighted by Gasteiger charge is -2.23. The third kappa shape index (κ3) is 2.40. The van der Waals surface area contributed by atoms with Gasteiger partial charge in [-0.05, 0) is 12.1 Å². The number of hydroxylamine groups is 1. The average Bonchev–Trinajstić information content (AvgIpc) is 2.34. The second-order valence-corrected chi connectivity index (χ2v) is 3.38. The van der Waals surface area contributed by atoms with Gasteiger partial charge in [0.15, 0.2) is 17.4 Å². The summed E-state index contributed by atoms with van der Waals surface area (Å²) in [6.07, 6.45) is 1.87. The normalized spacial score (nSPS) is 14.4. The van der Waals surface area contributed by atoms with Gasteiger partial charge in [0, 0.05) is 0 Å². The molecule has 3 N–H and O–H groups in total. The third-order valence-corrected chi connectivity index (χ3v) is 2.12. The first-order chi connectivity index (χ1) is 8.58. The van der Waals surface area contributed by atoms with E-state index in [0.717, 1.165) is 17.6 Å². The second-order valence-electron chi connectivity index (χ2n) is 3.38. The summed E-state index contributed by atoms with van der Waals surface area (Å²) in [5.74, 6) is -2.45. The van der Waals surface area contributed by atoms with Gasteiger partial charge in [-0.3, -0.25) is 10.2 Å². The van der Waals surface area contributed by atoms with E-state index in [1.54, 1.807) is 6.07 Å². The fourth-order valence-corrected chi connectivity index (χ4v) is 1.27. The lowest BCUT2D eigenvalue weighted by molar-refractivity contribution is -0.115. The maximum absolute atomic E-state index is 13.3. The van der Waals surface area contributed by atoms with E-state index < -0.39 is 17.6 Å². The zero-order chi connectivity index (χ0) is 13.1. The van der Waals surface area contributed by atoms with E-state index in [0.29, 0.717) is 0 Å². The molecule has 0 aromatic heterocycles. The Morgan fingerprint density at radius 1 is 1.33 bits per heavy atom. The summed E-state index contributed by atoms with van der Waals surface area (Å²) in [5.41, 5.74) is 6.95. The molecule has 0 fully saturated rings. The second kappa shape index (κ2) is 4.74. The van der Waals surface area contributed by atoms with Crippen LogP contribution in [0.15, 0.2) is 48.1 Å². The predicted molar refractivity (Wildman–Crippen MR) is 58.5 cm³/mol. The molecule has 2 rings (SSSR count). The minimum atomic E-state index is -0.951. The first-order valence-electron chi connectivity index (χ1n) is 4.93. The van der Waals surface area contributed by atoms with E-state index >= 15 is 0 Å². The van der Waals surface area contributed by atoms with Crippen molar-refractivity contribution in [1.29, 1.82) is 0 Å². The van der Waals surface area contributed by atoms with E-state index in [1.165, 1.54) is 18.2 Å². The van der Waals surface area contributed by atoms with Crippen molar-refractivity contribution in [3.63, 3.8) is 0 Å². The van der Waals surface area contributed by atoms with Crippen LogP contribution < -0.4 is 16.0 Å². The molecule has 0 radical (unpaired) electrons. The van der Waals surface area contributed by atoms with Crippen LogP contribution in [0.2, 0.25) is 0 Å². The number of carbonyl (C=O) groups excluding carboxylic acids is 1. The molecular weight excluding hydrogens is 244 g/mol. The van der Waals surface area contributed by atoms with Gasteiger partial charge in [-0.2, -0.15) is 0 Å². The number of nitrogens with one attached hydrogen (secondary N) is 1. The van der Waals surface area contributed by atoms with E-state index in [-0.39, 0.29) is 11.3 Å². The summed E-state index contributed by atoms with van der Waals surface area (Å²) in [6.45, 7) is 0. The van der Waals surface area contributed by atoms with Crippen LogP contribution in [0, 0.1) is 5.82 Å². The average molecular weight is 253 g/mol. The molecule has 0 saturated carbocycles.